The van der Waals surface area contributed by atoms with E-state index in [1.807, 2.05) is 62.4 Å². The van der Waals surface area contributed by atoms with Gasteiger partial charge in [0.05, 0.1) is 12.0 Å². The molecule has 2 aromatic carbocycles. The lowest BCUT2D eigenvalue weighted by atomic mass is 9.86. The van der Waals surface area contributed by atoms with Crippen LogP contribution in [0.5, 0.6) is 0 Å². The van der Waals surface area contributed by atoms with Crippen LogP contribution < -0.4 is 10.6 Å². The van der Waals surface area contributed by atoms with Gasteiger partial charge in [0, 0.05) is 5.69 Å². The van der Waals surface area contributed by atoms with E-state index in [0.717, 1.165) is 11.1 Å². The molecule has 6 nitrogen and oxygen atoms in total. The monoisotopic (exact) mass is 365 g/mol. The van der Waals surface area contributed by atoms with E-state index < -0.39 is 12.0 Å². The van der Waals surface area contributed by atoms with Gasteiger partial charge in [0.15, 0.2) is 0 Å². The summed E-state index contributed by atoms with van der Waals surface area (Å²) in [6.45, 7) is 3.90. The second-order valence-electron chi connectivity index (χ2n) is 6.66. The quantitative estimate of drug-likeness (QED) is 0.639. The van der Waals surface area contributed by atoms with E-state index in [0.29, 0.717) is 17.7 Å². The van der Waals surface area contributed by atoms with E-state index >= 15 is 0 Å². The summed E-state index contributed by atoms with van der Waals surface area (Å²) in [4.78, 5) is 23.9. The Balaban J connectivity index is 2.53. The van der Waals surface area contributed by atoms with Gasteiger partial charge in [-0.2, -0.15) is 5.26 Å². The van der Waals surface area contributed by atoms with E-state index in [4.69, 9.17) is 10.4 Å². The third-order valence-electron chi connectivity index (χ3n) is 4.14. The lowest BCUT2D eigenvalue weighted by Gasteiger charge is -2.22. The maximum Gasteiger partial charge on any atom is 0.409 e. The summed E-state index contributed by atoms with van der Waals surface area (Å²) in [6.07, 6.45) is -0.659. The van der Waals surface area contributed by atoms with Crippen molar-refractivity contribution in [3.8, 4) is 17.2 Å². The molecule has 2 amide bonds. The zero-order valence-corrected chi connectivity index (χ0v) is 15.4. The molecule has 140 valence electrons. The van der Waals surface area contributed by atoms with E-state index in [1.165, 1.54) is 0 Å². The fraction of sp³-hybridized carbons (Fsp3) is 0.286. The van der Waals surface area contributed by atoms with Gasteiger partial charge >= 0.3 is 6.09 Å². The molecule has 3 N–H and O–H groups in total. The minimum absolute atomic E-state index is 0.0898. The number of carboxylic acid groups (broad SMARTS) is 1. The topological polar surface area (TPSA) is 102 Å². The van der Waals surface area contributed by atoms with Crippen LogP contribution in [0, 0.1) is 17.2 Å². The zero-order chi connectivity index (χ0) is 19.8. The Morgan fingerprint density at radius 1 is 1.11 bits per heavy atom. The van der Waals surface area contributed by atoms with Crippen LogP contribution in [-0.4, -0.2) is 23.7 Å². The van der Waals surface area contributed by atoms with Crippen LogP contribution in [0.3, 0.4) is 0 Å². The van der Waals surface area contributed by atoms with Crippen LogP contribution in [0.4, 0.5) is 10.5 Å². The molecule has 1 atom stereocenters. The van der Waals surface area contributed by atoms with Gasteiger partial charge < -0.3 is 10.4 Å². The molecule has 1 unspecified atom stereocenters. The van der Waals surface area contributed by atoms with Crippen LogP contribution >= 0.6 is 0 Å². The van der Waals surface area contributed by atoms with Crippen molar-refractivity contribution in [2.24, 2.45) is 5.92 Å². The van der Waals surface area contributed by atoms with Crippen molar-refractivity contribution in [3.63, 3.8) is 0 Å². The third-order valence-corrected chi connectivity index (χ3v) is 4.14. The highest BCUT2D eigenvalue weighted by molar-refractivity contribution is 5.90. The molecule has 0 aliphatic carbocycles. The average Bonchev–Trinajstić information content (AvgIpc) is 2.64. The first-order valence-electron chi connectivity index (χ1n) is 8.76. The van der Waals surface area contributed by atoms with Crippen molar-refractivity contribution in [2.45, 2.75) is 26.2 Å². The molecular weight excluding hydrogens is 342 g/mol. The first-order chi connectivity index (χ1) is 12.9. The molecule has 0 saturated carbocycles. The number of amides is 2. The highest BCUT2D eigenvalue weighted by Crippen LogP contribution is 2.34. The van der Waals surface area contributed by atoms with E-state index in [-0.39, 0.29) is 18.4 Å². The average molecular weight is 365 g/mol. The summed E-state index contributed by atoms with van der Waals surface area (Å²) >= 11 is 0. The number of carbonyl (C=O) groups excluding carboxylic acids is 1. The van der Waals surface area contributed by atoms with Gasteiger partial charge in [-0.25, -0.2) is 4.79 Å². The van der Waals surface area contributed by atoms with Gasteiger partial charge in [-0.15, -0.1) is 0 Å². The normalized spacial score (nSPS) is 11.5. The van der Waals surface area contributed by atoms with Crippen LogP contribution in [0.1, 0.15) is 31.7 Å². The molecule has 0 bridgehead atoms. The Hall–Kier alpha value is -3.33. The highest BCUT2D eigenvalue weighted by Gasteiger charge is 2.25. The van der Waals surface area contributed by atoms with Gasteiger partial charge in [0.2, 0.25) is 5.91 Å². The number of hydrogen-bond donors (Lipinski definition) is 3. The summed E-state index contributed by atoms with van der Waals surface area (Å²) in [5, 5.41) is 22.9. The molecule has 0 heterocycles. The van der Waals surface area contributed by atoms with Gasteiger partial charge in [-0.3, -0.25) is 10.1 Å². The highest BCUT2D eigenvalue weighted by atomic mass is 16.4. The molecule has 0 aliphatic rings. The molecule has 0 spiro atoms. The van der Waals surface area contributed by atoms with Crippen molar-refractivity contribution in [3.05, 3.63) is 54.1 Å². The van der Waals surface area contributed by atoms with Crippen molar-refractivity contribution >= 4 is 17.7 Å². The molecule has 0 saturated heterocycles. The lowest BCUT2D eigenvalue weighted by Crippen LogP contribution is -2.31. The summed E-state index contributed by atoms with van der Waals surface area (Å²) in [5.74, 6) is -0.645. The largest absolute Gasteiger partial charge is 0.465 e. The number of carbonyl (C=O) groups is 2. The molecule has 0 fully saturated rings. The van der Waals surface area contributed by atoms with Crippen LogP contribution in [0.15, 0.2) is 48.5 Å². The van der Waals surface area contributed by atoms with Crippen LogP contribution in [0.2, 0.25) is 0 Å². The predicted molar refractivity (Wildman–Crippen MR) is 104 cm³/mol. The summed E-state index contributed by atoms with van der Waals surface area (Å²) < 4.78 is 0. The number of anilines is 1. The Morgan fingerprint density at radius 3 is 2.41 bits per heavy atom. The number of nitrogens with one attached hydrogen (secondary N) is 2. The molecule has 27 heavy (non-hydrogen) atoms. The standard InChI is InChI=1S/C21H23N3O3/c1-14(2)12-18(20(25)23-11-10-22)17-13-16(15-6-4-3-5-7-15)8-9-19(17)24-21(26)27/h3-9,13-14,18,24H,11-12H2,1-2H3,(H,23,25)(H,26,27). The maximum atomic E-state index is 12.7. The fourth-order valence-electron chi connectivity index (χ4n) is 2.99. The molecule has 6 heteroatoms. The minimum atomic E-state index is -1.19. The second kappa shape index (κ2) is 9.39. The molecule has 0 aromatic heterocycles. The van der Waals surface area contributed by atoms with Crippen molar-refractivity contribution in [2.75, 3.05) is 11.9 Å². The number of nitrogens with zero attached hydrogens (tertiary/aromatic N) is 1. The Kier molecular flexibility index (Phi) is 6.95. The summed E-state index contributed by atoms with van der Waals surface area (Å²) in [6, 6.07) is 16.9. The predicted octanol–water partition coefficient (Wildman–Crippen LogP) is 4.21. The van der Waals surface area contributed by atoms with Gasteiger partial charge in [-0.05, 0) is 41.2 Å². The van der Waals surface area contributed by atoms with Crippen molar-refractivity contribution < 1.29 is 14.7 Å². The number of nitriles is 1. The van der Waals surface area contributed by atoms with Crippen LogP contribution in [-0.2, 0) is 4.79 Å². The molecule has 2 aromatic rings. The lowest BCUT2D eigenvalue weighted by molar-refractivity contribution is -0.122. The zero-order valence-electron chi connectivity index (χ0n) is 15.4. The Bertz CT molecular complexity index is 841. The van der Waals surface area contributed by atoms with Gasteiger partial charge in [-0.1, -0.05) is 50.2 Å². The number of benzene rings is 2. The summed E-state index contributed by atoms with van der Waals surface area (Å²) in [5.41, 5.74) is 2.84. The van der Waals surface area contributed by atoms with Gasteiger partial charge in [0.25, 0.3) is 0 Å². The van der Waals surface area contributed by atoms with Crippen molar-refractivity contribution in [1.82, 2.24) is 5.32 Å². The molecule has 0 radical (unpaired) electrons. The second-order valence-corrected chi connectivity index (χ2v) is 6.66. The smallest absolute Gasteiger partial charge is 0.409 e. The molecule has 0 aliphatic heterocycles. The van der Waals surface area contributed by atoms with E-state index in [1.54, 1.807) is 6.07 Å². The fourth-order valence-corrected chi connectivity index (χ4v) is 2.99. The maximum absolute atomic E-state index is 12.7. The van der Waals surface area contributed by atoms with E-state index in [2.05, 4.69) is 10.6 Å². The number of rotatable bonds is 7. The Labute approximate surface area is 158 Å². The molecular formula is C21H23N3O3. The minimum Gasteiger partial charge on any atom is -0.465 e. The molecule has 2 rings (SSSR count). The number of hydrogen-bond acceptors (Lipinski definition) is 3. The third kappa shape index (κ3) is 5.58. The van der Waals surface area contributed by atoms with Crippen LogP contribution in [0.25, 0.3) is 11.1 Å². The van der Waals surface area contributed by atoms with E-state index in [9.17, 15) is 9.59 Å². The first-order valence-corrected chi connectivity index (χ1v) is 8.76. The SMILES string of the molecule is CC(C)CC(C(=O)NCC#N)c1cc(-c2ccccc2)ccc1NC(=O)O. The Morgan fingerprint density at radius 2 is 1.81 bits per heavy atom. The summed E-state index contributed by atoms with van der Waals surface area (Å²) in [7, 11) is 0. The first kappa shape index (κ1) is 20.0. The van der Waals surface area contributed by atoms with Gasteiger partial charge in [0.1, 0.15) is 6.54 Å². The van der Waals surface area contributed by atoms with Crippen molar-refractivity contribution in [1.29, 1.82) is 5.26 Å².